The smallest absolute Gasteiger partial charge is 0.147 e. The van der Waals surface area contributed by atoms with Crippen LogP contribution in [-0.2, 0) is 11.8 Å². The minimum absolute atomic E-state index is 0.143. The summed E-state index contributed by atoms with van der Waals surface area (Å²) in [4.78, 5) is 2.10. The minimum atomic E-state index is -0.143. The molecule has 1 heterocycles. The maximum atomic E-state index is 14.3. The summed E-state index contributed by atoms with van der Waals surface area (Å²) in [6, 6.07) is 11.9. The number of rotatable bonds is 2. The van der Waals surface area contributed by atoms with Gasteiger partial charge in [-0.3, -0.25) is 0 Å². The highest BCUT2D eigenvalue weighted by molar-refractivity contribution is 9.08. The maximum absolute atomic E-state index is 14.3. The Morgan fingerprint density at radius 2 is 1.95 bits per heavy atom. The minimum Gasteiger partial charge on any atom is -0.339 e. The number of alkyl halides is 1. The summed E-state index contributed by atoms with van der Waals surface area (Å²) in [6.45, 7) is 2.98. The summed E-state index contributed by atoms with van der Waals surface area (Å²) in [5.74, 6) is -0.143. The molecule has 3 rings (SSSR count). The van der Waals surface area contributed by atoms with Gasteiger partial charge in [-0.25, -0.2) is 4.39 Å². The number of anilines is 2. The average Bonchev–Trinajstić information content (AvgIpc) is 2.46. The Bertz CT molecular complexity index is 639. The third kappa shape index (κ3) is 2.47. The molecule has 20 heavy (non-hydrogen) atoms. The van der Waals surface area contributed by atoms with Crippen LogP contribution in [0.1, 0.15) is 23.1 Å². The van der Waals surface area contributed by atoms with Crippen molar-refractivity contribution in [3.63, 3.8) is 0 Å². The Kier molecular flexibility index (Phi) is 3.79. The third-order valence-electron chi connectivity index (χ3n) is 3.81. The maximum Gasteiger partial charge on any atom is 0.147 e. The predicted octanol–water partition coefficient (Wildman–Crippen LogP) is 5.11. The Hall–Kier alpha value is -1.35. The highest BCUT2D eigenvalue weighted by Crippen LogP contribution is 2.35. The summed E-state index contributed by atoms with van der Waals surface area (Å²) < 4.78 is 14.3. The van der Waals surface area contributed by atoms with Crippen molar-refractivity contribution >= 4 is 27.3 Å². The fraction of sp³-hybridized carbons (Fsp3) is 0.294. The average molecular weight is 334 g/mol. The van der Waals surface area contributed by atoms with E-state index in [2.05, 4.69) is 46.0 Å². The molecule has 1 nitrogen and oxygen atoms in total. The van der Waals surface area contributed by atoms with Gasteiger partial charge in [-0.05, 0) is 49.1 Å². The van der Waals surface area contributed by atoms with Crippen LogP contribution in [-0.4, -0.2) is 6.54 Å². The second-order valence-electron chi connectivity index (χ2n) is 5.31. The molecule has 0 saturated carbocycles. The van der Waals surface area contributed by atoms with Gasteiger partial charge in [0.15, 0.2) is 0 Å². The molecule has 0 atom stereocenters. The summed E-state index contributed by atoms with van der Waals surface area (Å²) in [5.41, 5.74) is 5.38. The van der Waals surface area contributed by atoms with Crippen LogP contribution in [0, 0.1) is 12.7 Å². The van der Waals surface area contributed by atoms with Crippen LogP contribution in [0.3, 0.4) is 0 Å². The van der Waals surface area contributed by atoms with Crippen molar-refractivity contribution in [2.75, 3.05) is 11.4 Å². The van der Waals surface area contributed by atoms with Crippen LogP contribution >= 0.6 is 15.9 Å². The number of benzene rings is 2. The number of hydrogen-bond donors (Lipinski definition) is 0. The molecular weight excluding hydrogens is 317 g/mol. The lowest BCUT2D eigenvalue weighted by Crippen LogP contribution is -2.25. The Morgan fingerprint density at radius 1 is 1.15 bits per heavy atom. The van der Waals surface area contributed by atoms with E-state index < -0.39 is 0 Å². The molecule has 0 unspecified atom stereocenters. The zero-order chi connectivity index (χ0) is 14.1. The topological polar surface area (TPSA) is 3.24 Å². The molecule has 2 aromatic carbocycles. The third-order valence-corrected chi connectivity index (χ3v) is 4.46. The first-order valence-electron chi connectivity index (χ1n) is 6.90. The largest absolute Gasteiger partial charge is 0.339 e. The predicted molar refractivity (Wildman–Crippen MR) is 85.5 cm³/mol. The van der Waals surface area contributed by atoms with Crippen molar-refractivity contribution in [2.45, 2.75) is 25.1 Å². The lowest BCUT2D eigenvalue weighted by atomic mass is 9.99. The highest BCUT2D eigenvalue weighted by Gasteiger charge is 2.20. The summed E-state index contributed by atoms with van der Waals surface area (Å²) >= 11 is 3.37. The van der Waals surface area contributed by atoms with Crippen LogP contribution in [0.25, 0.3) is 0 Å². The molecule has 3 heteroatoms. The van der Waals surface area contributed by atoms with Crippen LogP contribution in [0.15, 0.2) is 36.4 Å². The number of nitrogens with zero attached hydrogens (tertiary/aromatic N) is 1. The second kappa shape index (κ2) is 5.57. The molecule has 0 spiro atoms. The fourth-order valence-electron chi connectivity index (χ4n) is 2.83. The zero-order valence-corrected chi connectivity index (χ0v) is 13.1. The lowest BCUT2D eigenvalue weighted by molar-refractivity contribution is 0.619. The monoisotopic (exact) mass is 333 g/mol. The first kappa shape index (κ1) is 13.6. The zero-order valence-electron chi connectivity index (χ0n) is 11.5. The molecule has 1 aliphatic rings. The van der Waals surface area contributed by atoms with Crippen LogP contribution in [0.5, 0.6) is 0 Å². The molecule has 1 aliphatic heterocycles. The molecule has 0 aromatic heterocycles. The highest BCUT2D eigenvalue weighted by atomic mass is 79.9. The number of aryl methyl sites for hydroxylation is 2. The van der Waals surface area contributed by atoms with Crippen molar-refractivity contribution in [1.29, 1.82) is 0 Å². The first-order valence-corrected chi connectivity index (χ1v) is 8.02. The Morgan fingerprint density at radius 3 is 2.70 bits per heavy atom. The SMILES string of the molecule is Cc1ccc2c(c1)CCCN2c1ccc(CBr)cc1F. The quantitative estimate of drug-likeness (QED) is 0.690. The van der Waals surface area contributed by atoms with E-state index in [1.165, 1.54) is 11.1 Å². The fourth-order valence-corrected chi connectivity index (χ4v) is 3.18. The van der Waals surface area contributed by atoms with Gasteiger partial charge in [0, 0.05) is 17.6 Å². The van der Waals surface area contributed by atoms with Gasteiger partial charge in [0.25, 0.3) is 0 Å². The van der Waals surface area contributed by atoms with Crippen molar-refractivity contribution < 1.29 is 4.39 Å². The number of hydrogen-bond acceptors (Lipinski definition) is 1. The van der Waals surface area contributed by atoms with Crippen molar-refractivity contribution in [1.82, 2.24) is 0 Å². The van der Waals surface area contributed by atoms with Crippen molar-refractivity contribution in [3.8, 4) is 0 Å². The molecule has 0 amide bonds. The Labute approximate surface area is 127 Å². The molecule has 0 aliphatic carbocycles. The van der Waals surface area contributed by atoms with E-state index in [9.17, 15) is 4.39 Å². The van der Waals surface area contributed by atoms with Crippen molar-refractivity contribution in [3.05, 3.63) is 58.9 Å². The second-order valence-corrected chi connectivity index (χ2v) is 5.87. The molecule has 0 N–H and O–H groups in total. The summed E-state index contributed by atoms with van der Waals surface area (Å²) in [6.07, 6.45) is 2.14. The van der Waals surface area contributed by atoms with Gasteiger partial charge in [0.1, 0.15) is 5.82 Å². The van der Waals surface area contributed by atoms with Gasteiger partial charge in [0.2, 0.25) is 0 Å². The molecule has 0 radical (unpaired) electrons. The van der Waals surface area contributed by atoms with E-state index in [1.54, 1.807) is 6.07 Å². The Balaban J connectivity index is 2.04. The normalized spacial score (nSPS) is 14.2. The van der Waals surface area contributed by atoms with Gasteiger partial charge >= 0.3 is 0 Å². The summed E-state index contributed by atoms with van der Waals surface area (Å²) in [5, 5.41) is 0.681. The van der Waals surface area contributed by atoms with E-state index in [0.29, 0.717) is 11.0 Å². The summed E-state index contributed by atoms with van der Waals surface area (Å²) in [7, 11) is 0. The van der Waals surface area contributed by atoms with E-state index in [-0.39, 0.29) is 5.82 Å². The van der Waals surface area contributed by atoms with Gasteiger partial charge in [-0.2, -0.15) is 0 Å². The molecule has 2 aromatic rings. The molecule has 0 fully saturated rings. The number of fused-ring (bicyclic) bond motifs is 1. The lowest BCUT2D eigenvalue weighted by Gasteiger charge is -2.32. The molecular formula is C17H17BrFN. The molecule has 0 saturated heterocycles. The van der Waals surface area contributed by atoms with E-state index in [0.717, 1.165) is 30.6 Å². The van der Waals surface area contributed by atoms with Crippen molar-refractivity contribution in [2.24, 2.45) is 0 Å². The van der Waals surface area contributed by atoms with E-state index >= 15 is 0 Å². The van der Waals surface area contributed by atoms with Gasteiger partial charge < -0.3 is 4.90 Å². The van der Waals surface area contributed by atoms with Crippen LogP contribution in [0.4, 0.5) is 15.8 Å². The van der Waals surface area contributed by atoms with E-state index in [1.807, 2.05) is 12.1 Å². The molecule has 0 bridgehead atoms. The first-order chi connectivity index (χ1) is 9.69. The van der Waals surface area contributed by atoms with Gasteiger partial charge in [-0.15, -0.1) is 0 Å². The number of halogens is 2. The van der Waals surface area contributed by atoms with Crippen LogP contribution in [0.2, 0.25) is 0 Å². The van der Waals surface area contributed by atoms with Gasteiger partial charge in [0.05, 0.1) is 5.69 Å². The van der Waals surface area contributed by atoms with Gasteiger partial charge in [-0.1, -0.05) is 39.7 Å². The van der Waals surface area contributed by atoms with E-state index in [4.69, 9.17) is 0 Å². The standard InChI is InChI=1S/C17H17BrFN/c1-12-4-6-16-14(9-12)3-2-8-20(16)17-7-5-13(11-18)10-15(17)19/h4-7,9-10H,2-3,8,11H2,1H3. The molecule has 104 valence electrons. The van der Waals surface area contributed by atoms with Crippen LogP contribution < -0.4 is 4.90 Å².